The number of nitrogens with one attached hydrogen (secondary N) is 1. The van der Waals surface area contributed by atoms with Gasteiger partial charge in [-0.05, 0) is 30.7 Å². The fourth-order valence-corrected chi connectivity index (χ4v) is 3.62. The number of anilines is 1. The Balaban J connectivity index is 1.91. The van der Waals surface area contributed by atoms with Crippen LogP contribution in [0.5, 0.6) is 0 Å². The summed E-state index contributed by atoms with van der Waals surface area (Å²) in [6.07, 6.45) is 15.2. The monoisotopic (exact) mass is 427 g/mol. The summed E-state index contributed by atoms with van der Waals surface area (Å²) in [5.41, 5.74) is -0.295. The highest BCUT2D eigenvalue weighted by Crippen LogP contribution is 2.29. The maximum atomic E-state index is 12.5. The number of hydrogen-bond acceptors (Lipinski definition) is 1. The Kier molecular flexibility index (Phi) is 14.3. The Morgan fingerprint density at radius 2 is 1.10 bits per heavy atom. The van der Waals surface area contributed by atoms with Gasteiger partial charge in [-0.15, -0.1) is 0 Å². The van der Waals surface area contributed by atoms with Gasteiger partial charge in [-0.2, -0.15) is 13.2 Å². The molecule has 1 N–H and O–H groups in total. The third-order valence-corrected chi connectivity index (χ3v) is 5.50. The van der Waals surface area contributed by atoms with E-state index < -0.39 is 11.7 Å². The average molecular weight is 428 g/mol. The number of carbonyl (C=O) groups excluding carboxylic acids is 1. The van der Waals surface area contributed by atoms with Crippen LogP contribution in [0, 0.1) is 0 Å². The van der Waals surface area contributed by atoms with Crippen LogP contribution in [0.4, 0.5) is 18.9 Å². The standard InChI is InChI=1S/C25H40F3NO/c1-2-3-4-5-6-7-8-9-10-11-12-13-14-15-16-17-24(30)29-23-20-18-22(19-21-23)25(26,27)28/h18-21H,2-17H2,1H3,(H,29,30). The largest absolute Gasteiger partial charge is 0.416 e. The lowest BCUT2D eigenvalue weighted by Gasteiger charge is -2.09. The number of alkyl halides is 3. The Bertz CT molecular complexity index is 555. The average Bonchev–Trinajstić information content (AvgIpc) is 2.70. The summed E-state index contributed by atoms with van der Waals surface area (Å²) in [4.78, 5) is 11.9. The first-order valence-corrected chi connectivity index (χ1v) is 11.9. The molecule has 0 aliphatic rings. The van der Waals surface area contributed by atoms with Crippen LogP contribution < -0.4 is 5.32 Å². The topological polar surface area (TPSA) is 29.1 Å². The summed E-state index contributed by atoms with van der Waals surface area (Å²) in [7, 11) is 0. The lowest BCUT2D eigenvalue weighted by atomic mass is 10.0. The van der Waals surface area contributed by atoms with Crippen molar-refractivity contribution < 1.29 is 18.0 Å². The summed E-state index contributed by atoms with van der Waals surface area (Å²) in [6.45, 7) is 2.25. The molecular weight excluding hydrogens is 387 g/mol. The zero-order chi connectivity index (χ0) is 22.1. The fraction of sp³-hybridized carbons (Fsp3) is 0.720. The molecule has 0 unspecified atom stereocenters. The summed E-state index contributed by atoms with van der Waals surface area (Å²) in [5.74, 6) is -0.135. The highest BCUT2D eigenvalue weighted by Gasteiger charge is 2.29. The maximum Gasteiger partial charge on any atom is 0.416 e. The number of halogens is 3. The van der Waals surface area contributed by atoms with Gasteiger partial charge < -0.3 is 5.32 Å². The van der Waals surface area contributed by atoms with E-state index in [1.165, 1.54) is 89.2 Å². The molecule has 0 atom stereocenters. The molecule has 0 saturated heterocycles. The highest BCUT2D eigenvalue weighted by atomic mass is 19.4. The van der Waals surface area contributed by atoms with Crippen molar-refractivity contribution in [1.29, 1.82) is 0 Å². The van der Waals surface area contributed by atoms with Crippen molar-refractivity contribution in [3.8, 4) is 0 Å². The van der Waals surface area contributed by atoms with Crippen molar-refractivity contribution in [2.24, 2.45) is 0 Å². The molecule has 0 aliphatic heterocycles. The van der Waals surface area contributed by atoms with E-state index in [4.69, 9.17) is 0 Å². The molecule has 0 radical (unpaired) electrons. The number of hydrogen-bond donors (Lipinski definition) is 1. The highest BCUT2D eigenvalue weighted by molar-refractivity contribution is 5.90. The fourth-order valence-electron chi connectivity index (χ4n) is 3.62. The molecule has 5 heteroatoms. The van der Waals surface area contributed by atoms with E-state index in [-0.39, 0.29) is 5.91 Å². The molecule has 0 heterocycles. The van der Waals surface area contributed by atoms with Crippen LogP contribution in [0.3, 0.4) is 0 Å². The summed E-state index contributed by atoms with van der Waals surface area (Å²) < 4.78 is 37.6. The van der Waals surface area contributed by atoms with Crippen molar-refractivity contribution in [3.05, 3.63) is 29.8 Å². The molecule has 30 heavy (non-hydrogen) atoms. The van der Waals surface area contributed by atoms with Crippen molar-refractivity contribution in [2.45, 2.75) is 116 Å². The molecule has 1 amide bonds. The Hall–Kier alpha value is -1.52. The number of carbonyl (C=O) groups is 1. The third-order valence-electron chi connectivity index (χ3n) is 5.50. The van der Waals surface area contributed by atoms with Gasteiger partial charge in [-0.1, -0.05) is 96.8 Å². The summed E-state index contributed by atoms with van der Waals surface area (Å²) in [5, 5.41) is 2.66. The Morgan fingerprint density at radius 3 is 1.50 bits per heavy atom. The second kappa shape index (κ2) is 16.2. The Morgan fingerprint density at radius 1 is 0.700 bits per heavy atom. The van der Waals surface area contributed by atoms with E-state index in [0.29, 0.717) is 12.1 Å². The maximum absolute atomic E-state index is 12.5. The van der Waals surface area contributed by atoms with Gasteiger partial charge in [0.15, 0.2) is 0 Å². The molecule has 0 aliphatic carbocycles. The van der Waals surface area contributed by atoms with Gasteiger partial charge in [0.1, 0.15) is 0 Å². The SMILES string of the molecule is CCCCCCCCCCCCCCCCCC(=O)Nc1ccc(C(F)(F)F)cc1. The van der Waals surface area contributed by atoms with Crippen LogP contribution >= 0.6 is 0 Å². The summed E-state index contributed by atoms with van der Waals surface area (Å²) >= 11 is 0. The molecule has 0 fully saturated rings. The number of unbranched alkanes of at least 4 members (excludes halogenated alkanes) is 14. The van der Waals surface area contributed by atoms with Crippen molar-refractivity contribution in [2.75, 3.05) is 5.32 Å². The molecule has 172 valence electrons. The predicted molar refractivity (Wildman–Crippen MR) is 120 cm³/mol. The van der Waals surface area contributed by atoms with Gasteiger partial charge in [0.05, 0.1) is 5.56 Å². The van der Waals surface area contributed by atoms with E-state index >= 15 is 0 Å². The minimum Gasteiger partial charge on any atom is -0.326 e. The second-order valence-corrected chi connectivity index (χ2v) is 8.32. The first-order valence-electron chi connectivity index (χ1n) is 11.9. The minimum absolute atomic E-state index is 0.135. The van der Waals surface area contributed by atoms with Crippen LogP contribution in [0.2, 0.25) is 0 Å². The van der Waals surface area contributed by atoms with Gasteiger partial charge >= 0.3 is 6.18 Å². The minimum atomic E-state index is -4.35. The zero-order valence-electron chi connectivity index (χ0n) is 18.7. The van der Waals surface area contributed by atoms with Gasteiger partial charge in [0.25, 0.3) is 0 Å². The molecule has 1 aromatic carbocycles. The second-order valence-electron chi connectivity index (χ2n) is 8.32. The number of rotatable bonds is 17. The quantitative estimate of drug-likeness (QED) is 0.247. The first-order chi connectivity index (χ1) is 14.4. The smallest absolute Gasteiger partial charge is 0.326 e. The molecule has 0 aromatic heterocycles. The van der Waals surface area contributed by atoms with E-state index in [1.54, 1.807) is 0 Å². The molecule has 0 bridgehead atoms. The van der Waals surface area contributed by atoms with Crippen LogP contribution in [0.25, 0.3) is 0 Å². The van der Waals surface area contributed by atoms with Gasteiger partial charge in [-0.25, -0.2) is 0 Å². The van der Waals surface area contributed by atoms with E-state index in [0.717, 1.165) is 31.4 Å². The lowest BCUT2D eigenvalue weighted by Crippen LogP contribution is -2.11. The third kappa shape index (κ3) is 13.7. The van der Waals surface area contributed by atoms with Crippen molar-refractivity contribution in [3.63, 3.8) is 0 Å². The van der Waals surface area contributed by atoms with Crippen LogP contribution in [0.15, 0.2) is 24.3 Å². The van der Waals surface area contributed by atoms with Crippen LogP contribution in [-0.4, -0.2) is 5.91 Å². The van der Waals surface area contributed by atoms with E-state index in [9.17, 15) is 18.0 Å². The molecule has 1 aromatic rings. The normalized spacial score (nSPS) is 11.6. The van der Waals surface area contributed by atoms with Gasteiger partial charge in [0, 0.05) is 12.1 Å². The molecule has 0 spiro atoms. The predicted octanol–water partition coefficient (Wildman–Crippen LogP) is 8.91. The van der Waals surface area contributed by atoms with Crippen LogP contribution in [0.1, 0.15) is 115 Å². The van der Waals surface area contributed by atoms with E-state index in [2.05, 4.69) is 12.2 Å². The lowest BCUT2D eigenvalue weighted by molar-refractivity contribution is -0.137. The Labute approximate surface area is 181 Å². The van der Waals surface area contributed by atoms with Crippen molar-refractivity contribution in [1.82, 2.24) is 0 Å². The van der Waals surface area contributed by atoms with Gasteiger partial charge in [0.2, 0.25) is 5.91 Å². The number of benzene rings is 1. The van der Waals surface area contributed by atoms with Gasteiger partial charge in [-0.3, -0.25) is 4.79 Å². The zero-order valence-corrected chi connectivity index (χ0v) is 18.7. The molecule has 1 rings (SSSR count). The molecule has 0 saturated carbocycles. The molecule has 2 nitrogen and oxygen atoms in total. The first kappa shape index (κ1) is 26.5. The van der Waals surface area contributed by atoms with E-state index in [1.807, 2.05) is 0 Å². The van der Waals surface area contributed by atoms with Crippen LogP contribution in [-0.2, 0) is 11.0 Å². The summed E-state index contributed by atoms with van der Waals surface area (Å²) in [6, 6.07) is 4.58. The molecular formula is C25H40F3NO. The van der Waals surface area contributed by atoms with Crippen molar-refractivity contribution >= 4 is 11.6 Å². The number of amides is 1.